The molecule has 0 saturated heterocycles. The summed E-state index contributed by atoms with van der Waals surface area (Å²) in [5.74, 6) is -0.911. The van der Waals surface area contributed by atoms with Gasteiger partial charge in [-0.05, 0) is 36.8 Å². The van der Waals surface area contributed by atoms with Gasteiger partial charge < -0.3 is 29.0 Å². The summed E-state index contributed by atoms with van der Waals surface area (Å²) in [6.07, 6.45) is -1.18. The number of alkyl halides is 2. The summed E-state index contributed by atoms with van der Waals surface area (Å²) in [5, 5.41) is 2.63. The lowest BCUT2D eigenvalue weighted by atomic mass is 10.2. The van der Waals surface area contributed by atoms with Crippen molar-refractivity contribution in [2.24, 2.45) is 0 Å². The van der Waals surface area contributed by atoms with Crippen LogP contribution >= 0.6 is 0 Å². The van der Waals surface area contributed by atoms with Crippen LogP contribution < -0.4 is 24.3 Å². The molecule has 1 atom stereocenters. The van der Waals surface area contributed by atoms with Gasteiger partial charge in [-0.3, -0.25) is 4.79 Å². The monoisotopic (exact) mass is 423 g/mol. The number of para-hydroxylation sites is 1. The average molecular weight is 423 g/mol. The molecule has 0 radical (unpaired) electrons. The highest BCUT2D eigenvalue weighted by Crippen LogP contribution is 2.33. The van der Waals surface area contributed by atoms with Crippen molar-refractivity contribution in [3.63, 3.8) is 0 Å². The number of hydrogen-bond donors (Lipinski definition) is 1. The van der Waals surface area contributed by atoms with E-state index in [1.807, 2.05) is 0 Å². The summed E-state index contributed by atoms with van der Waals surface area (Å²) in [7, 11) is 1.25. The fourth-order valence-corrected chi connectivity index (χ4v) is 2.71. The number of rotatable bonds is 8. The van der Waals surface area contributed by atoms with Crippen molar-refractivity contribution in [2.45, 2.75) is 26.2 Å². The third-order valence-corrected chi connectivity index (χ3v) is 4.18. The maximum Gasteiger partial charge on any atom is 0.387 e. The third-order valence-electron chi connectivity index (χ3n) is 4.18. The van der Waals surface area contributed by atoms with E-state index in [9.17, 15) is 18.4 Å². The van der Waals surface area contributed by atoms with Gasteiger partial charge in [-0.15, -0.1) is 0 Å². The highest BCUT2D eigenvalue weighted by molar-refractivity contribution is 5.95. The fraction of sp³-hybridized carbons (Fsp3) is 0.300. The first-order valence-electron chi connectivity index (χ1n) is 8.88. The molecule has 0 spiro atoms. The van der Waals surface area contributed by atoms with Crippen LogP contribution in [0.15, 0.2) is 36.4 Å². The van der Waals surface area contributed by atoms with Crippen LogP contribution in [-0.2, 0) is 16.1 Å². The van der Waals surface area contributed by atoms with Crippen LogP contribution in [0.1, 0.15) is 22.8 Å². The highest BCUT2D eigenvalue weighted by atomic mass is 19.3. The van der Waals surface area contributed by atoms with Gasteiger partial charge in [0, 0.05) is 6.54 Å². The van der Waals surface area contributed by atoms with Crippen molar-refractivity contribution in [3.8, 4) is 23.0 Å². The molecule has 30 heavy (non-hydrogen) atoms. The SMILES string of the molecule is COc1cccc(C(=O)O[C@H](C)C(=O)NCc2ccc3c(c2)OCO3)c1OC(F)F. The predicted molar refractivity (Wildman–Crippen MR) is 98.9 cm³/mol. The number of ether oxygens (including phenoxy) is 5. The van der Waals surface area contributed by atoms with Gasteiger partial charge in [-0.1, -0.05) is 12.1 Å². The van der Waals surface area contributed by atoms with Crippen LogP contribution in [0, 0.1) is 0 Å². The molecule has 0 aliphatic carbocycles. The minimum atomic E-state index is -3.17. The Morgan fingerprint density at radius 2 is 1.93 bits per heavy atom. The van der Waals surface area contributed by atoms with Gasteiger partial charge >= 0.3 is 12.6 Å². The predicted octanol–water partition coefficient (Wildman–Crippen LogP) is 2.89. The summed E-state index contributed by atoms with van der Waals surface area (Å²) < 4.78 is 50.3. The summed E-state index contributed by atoms with van der Waals surface area (Å²) in [6, 6.07) is 9.21. The van der Waals surface area contributed by atoms with E-state index in [0.29, 0.717) is 11.5 Å². The van der Waals surface area contributed by atoms with E-state index in [1.165, 1.54) is 32.2 Å². The van der Waals surface area contributed by atoms with Crippen LogP contribution in [0.25, 0.3) is 0 Å². The van der Waals surface area contributed by atoms with Crippen LogP contribution in [0.2, 0.25) is 0 Å². The fourth-order valence-electron chi connectivity index (χ4n) is 2.71. The molecule has 0 aromatic heterocycles. The molecule has 2 aromatic carbocycles. The molecule has 2 aromatic rings. The molecule has 8 nitrogen and oxygen atoms in total. The lowest BCUT2D eigenvalue weighted by Gasteiger charge is -2.16. The van der Waals surface area contributed by atoms with Crippen molar-refractivity contribution in [3.05, 3.63) is 47.5 Å². The maximum atomic E-state index is 12.7. The second kappa shape index (κ2) is 9.29. The standard InChI is InChI=1S/C20H19F2NO7/c1-11(18(24)23-9-12-6-7-14-16(8-12)28-10-27-14)29-19(25)13-4-3-5-15(26-2)17(13)30-20(21)22/h3-8,11,20H,9-10H2,1-2H3,(H,23,24)/t11-/m1/s1. The minimum Gasteiger partial charge on any atom is -0.493 e. The molecule has 0 fully saturated rings. The van der Waals surface area contributed by atoms with Gasteiger partial charge in [0.15, 0.2) is 29.1 Å². The van der Waals surface area contributed by atoms with Crippen molar-refractivity contribution < 1.29 is 42.1 Å². The number of amides is 1. The van der Waals surface area contributed by atoms with E-state index in [0.717, 1.165) is 5.56 Å². The molecule has 1 aliphatic rings. The topological polar surface area (TPSA) is 92.3 Å². The smallest absolute Gasteiger partial charge is 0.387 e. The zero-order valence-electron chi connectivity index (χ0n) is 16.1. The van der Waals surface area contributed by atoms with Crippen molar-refractivity contribution in [1.82, 2.24) is 5.32 Å². The van der Waals surface area contributed by atoms with Gasteiger partial charge in [0.25, 0.3) is 5.91 Å². The number of methoxy groups -OCH3 is 1. The molecule has 0 unspecified atom stereocenters. The number of halogens is 2. The van der Waals surface area contributed by atoms with E-state index >= 15 is 0 Å². The van der Waals surface area contributed by atoms with Gasteiger partial charge in [0.2, 0.25) is 6.79 Å². The lowest BCUT2D eigenvalue weighted by Crippen LogP contribution is -2.35. The molecule has 1 heterocycles. The van der Waals surface area contributed by atoms with Crippen molar-refractivity contribution >= 4 is 11.9 Å². The normalized spacial score (nSPS) is 13.0. The molecule has 0 saturated carbocycles. The Bertz CT molecular complexity index is 935. The quantitative estimate of drug-likeness (QED) is 0.653. The lowest BCUT2D eigenvalue weighted by molar-refractivity contribution is -0.129. The zero-order chi connectivity index (χ0) is 21.7. The van der Waals surface area contributed by atoms with Crippen LogP contribution in [0.4, 0.5) is 8.78 Å². The molecule has 10 heteroatoms. The molecule has 0 bridgehead atoms. The van der Waals surface area contributed by atoms with Gasteiger partial charge in [0.1, 0.15) is 5.56 Å². The van der Waals surface area contributed by atoms with Crippen LogP contribution in [-0.4, -0.2) is 38.5 Å². The van der Waals surface area contributed by atoms with Crippen molar-refractivity contribution in [1.29, 1.82) is 0 Å². The molecule has 3 rings (SSSR count). The Labute approximate surface area is 170 Å². The Balaban J connectivity index is 1.62. The summed E-state index contributed by atoms with van der Waals surface area (Å²) in [6.45, 7) is -1.51. The number of nitrogens with one attached hydrogen (secondary N) is 1. The summed E-state index contributed by atoms with van der Waals surface area (Å²) >= 11 is 0. The number of carbonyl (C=O) groups is 2. The molecular formula is C20H19F2NO7. The van der Waals surface area contributed by atoms with E-state index < -0.39 is 30.3 Å². The number of esters is 1. The number of fused-ring (bicyclic) bond motifs is 1. The second-order valence-corrected chi connectivity index (χ2v) is 6.17. The summed E-state index contributed by atoms with van der Waals surface area (Å²) in [4.78, 5) is 24.7. The van der Waals surface area contributed by atoms with Gasteiger partial charge in [0.05, 0.1) is 7.11 Å². The van der Waals surface area contributed by atoms with E-state index in [4.69, 9.17) is 18.9 Å². The Hall–Kier alpha value is -3.56. The Morgan fingerprint density at radius 1 is 1.17 bits per heavy atom. The number of hydrogen-bond acceptors (Lipinski definition) is 7. The maximum absolute atomic E-state index is 12.7. The number of benzene rings is 2. The first-order valence-corrected chi connectivity index (χ1v) is 8.88. The minimum absolute atomic E-state index is 0.0651. The van der Waals surface area contributed by atoms with Gasteiger partial charge in [-0.25, -0.2) is 4.79 Å². The van der Waals surface area contributed by atoms with E-state index in [2.05, 4.69) is 10.1 Å². The van der Waals surface area contributed by atoms with E-state index in [-0.39, 0.29) is 24.7 Å². The molecule has 1 amide bonds. The van der Waals surface area contributed by atoms with E-state index in [1.54, 1.807) is 18.2 Å². The first kappa shape index (κ1) is 21.2. The molecule has 160 valence electrons. The average Bonchev–Trinajstić information content (AvgIpc) is 3.19. The third kappa shape index (κ3) is 4.88. The van der Waals surface area contributed by atoms with Crippen LogP contribution in [0.3, 0.4) is 0 Å². The molecule has 1 N–H and O–H groups in total. The second-order valence-electron chi connectivity index (χ2n) is 6.17. The number of carbonyl (C=O) groups excluding carboxylic acids is 2. The first-order chi connectivity index (χ1) is 14.4. The zero-order valence-corrected chi connectivity index (χ0v) is 16.1. The Morgan fingerprint density at radius 3 is 2.67 bits per heavy atom. The highest BCUT2D eigenvalue weighted by Gasteiger charge is 2.25. The molecule has 1 aliphatic heterocycles. The van der Waals surface area contributed by atoms with Crippen molar-refractivity contribution in [2.75, 3.05) is 13.9 Å². The van der Waals surface area contributed by atoms with Crippen LogP contribution in [0.5, 0.6) is 23.0 Å². The molecular weight excluding hydrogens is 404 g/mol. The summed E-state index contributed by atoms with van der Waals surface area (Å²) in [5.41, 5.74) is 0.469. The Kier molecular flexibility index (Phi) is 6.55. The largest absolute Gasteiger partial charge is 0.493 e. The van der Waals surface area contributed by atoms with Gasteiger partial charge in [-0.2, -0.15) is 8.78 Å².